The van der Waals surface area contributed by atoms with E-state index in [4.69, 9.17) is 27.9 Å². The molecule has 2 amide bonds. The molecule has 0 aliphatic heterocycles. The van der Waals surface area contributed by atoms with Crippen LogP contribution in [0, 0.1) is 0 Å². The van der Waals surface area contributed by atoms with Crippen LogP contribution in [0.4, 0.5) is 0 Å². The third-order valence-corrected chi connectivity index (χ3v) is 3.66. The van der Waals surface area contributed by atoms with Crippen molar-refractivity contribution in [2.75, 3.05) is 13.7 Å². The number of para-hydroxylation sites is 1. The van der Waals surface area contributed by atoms with Crippen molar-refractivity contribution in [1.82, 2.24) is 10.7 Å². The van der Waals surface area contributed by atoms with Gasteiger partial charge in [-0.1, -0.05) is 35.3 Å². The monoisotopic (exact) mass is 379 g/mol. The molecular weight excluding hydrogens is 365 g/mol. The predicted molar refractivity (Wildman–Crippen MR) is 97.5 cm³/mol. The van der Waals surface area contributed by atoms with Gasteiger partial charge < -0.3 is 10.1 Å². The summed E-state index contributed by atoms with van der Waals surface area (Å²) in [6, 6.07) is 11.7. The number of hydrogen-bond donors (Lipinski definition) is 2. The van der Waals surface area contributed by atoms with Crippen LogP contribution < -0.4 is 15.5 Å². The normalized spacial score (nSPS) is 10.5. The van der Waals surface area contributed by atoms with Gasteiger partial charge in [0.25, 0.3) is 11.8 Å². The number of rotatable bonds is 6. The SMILES string of the molecule is COc1ccccc1/C=N\NC(=O)CNC(=O)c1ccc(Cl)cc1Cl. The van der Waals surface area contributed by atoms with E-state index in [0.29, 0.717) is 16.3 Å². The molecule has 0 radical (unpaired) electrons. The number of amides is 2. The molecule has 0 spiro atoms. The lowest BCUT2D eigenvalue weighted by Crippen LogP contribution is -2.35. The van der Waals surface area contributed by atoms with Gasteiger partial charge >= 0.3 is 0 Å². The van der Waals surface area contributed by atoms with Crippen LogP contribution in [0.5, 0.6) is 5.75 Å². The van der Waals surface area contributed by atoms with E-state index in [1.54, 1.807) is 25.3 Å². The summed E-state index contributed by atoms with van der Waals surface area (Å²) < 4.78 is 5.17. The number of methoxy groups -OCH3 is 1. The van der Waals surface area contributed by atoms with Gasteiger partial charge in [0.15, 0.2) is 0 Å². The van der Waals surface area contributed by atoms with Gasteiger partial charge in [-0.15, -0.1) is 0 Å². The topological polar surface area (TPSA) is 79.8 Å². The minimum absolute atomic E-state index is 0.208. The maximum absolute atomic E-state index is 12.0. The van der Waals surface area contributed by atoms with E-state index in [1.165, 1.54) is 18.3 Å². The van der Waals surface area contributed by atoms with Gasteiger partial charge in [-0.25, -0.2) is 5.43 Å². The summed E-state index contributed by atoms with van der Waals surface area (Å²) in [5, 5.41) is 6.91. The number of halogens is 2. The number of ether oxygens (including phenoxy) is 1. The molecule has 0 heterocycles. The summed E-state index contributed by atoms with van der Waals surface area (Å²) in [4.78, 5) is 23.7. The van der Waals surface area contributed by atoms with Crippen molar-refractivity contribution in [3.05, 3.63) is 63.6 Å². The molecule has 0 aromatic heterocycles. The summed E-state index contributed by atoms with van der Waals surface area (Å²) in [6.45, 7) is -0.249. The molecular formula is C17H15Cl2N3O3. The maximum Gasteiger partial charge on any atom is 0.259 e. The number of hydrogen-bond acceptors (Lipinski definition) is 4. The van der Waals surface area contributed by atoms with E-state index in [2.05, 4.69) is 15.8 Å². The molecule has 0 unspecified atom stereocenters. The van der Waals surface area contributed by atoms with Crippen molar-refractivity contribution in [3.63, 3.8) is 0 Å². The molecule has 0 aliphatic rings. The van der Waals surface area contributed by atoms with Crippen LogP contribution in [0.15, 0.2) is 47.6 Å². The largest absolute Gasteiger partial charge is 0.496 e. The number of nitrogens with one attached hydrogen (secondary N) is 2. The molecule has 130 valence electrons. The van der Waals surface area contributed by atoms with Crippen molar-refractivity contribution in [2.45, 2.75) is 0 Å². The fourth-order valence-corrected chi connectivity index (χ4v) is 2.41. The zero-order chi connectivity index (χ0) is 18.2. The van der Waals surface area contributed by atoms with Crippen LogP contribution in [-0.2, 0) is 4.79 Å². The Labute approximate surface area is 154 Å². The molecule has 0 bridgehead atoms. The summed E-state index contributed by atoms with van der Waals surface area (Å²) in [5.74, 6) is -0.332. The third kappa shape index (κ3) is 5.48. The Kier molecular flexibility index (Phi) is 6.80. The maximum atomic E-state index is 12.0. The Bertz CT molecular complexity index is 809. The highest BCUT2D eigenvalue weighted by Gasteiger charge is 2.11. The fraction of sp³-hybridized carbons (Fsp3) is 0.118. The second-order valence-corrected chi connectivity index (χ2v) is 5.69. The highest BCUT2D eigenvalue weighted by Crippen LogP contribution is 2.20. The Hall–Kier alpha value is -2.57. The van der Waals surface area contributed by atoms with Crippen molar-refractivity contribution < 1.29 is 14.3 Å². The molecule has 0 saturated carbocycles. The number of carbonyl (C=O) groups is 2. The highest BCUT2D eigenvalue weighted by atomic mass is 35.5. The standard InChI is InChI=1S/C17H15Cl2N3O3/c1-25-15-5-3-2-4-11(15)9-21-22-16(23)10-20-17(24)13-7-6-12(18)8-14(13)19/h2-9H,10H2,1H3,(H,20,24)(H,22,23)/b21-9-. The first-order valence-electron chi connectivity index (χ1n) is 7.19. The van der Waals surface area contributed by atoms with E-state index < -0.39 is 11.8 Å². The van der Waals surface area contributed by atoms with Crippen LogP contribution in [0.1, 0.15) is 15.9 Å². The van der Waals surface area contributed by atoms with Crippen molar-refractivity contribution >= 4 is 41.2 Å². The molecule has 0 saturated heterocycles. The minimum atomic E-state index is -0.482. The Morgan fingerprint density at radius 1 is 1.20 bits per heavy atom. The Morgan fingerprint density at radius 2 is 1.96 bits per heavy atom. The quantitative estimate of drug-likeness (QED) is 0.598. The molecule has 2 rings (SSSR count). The molecule has 2 aromatic carbocycles. The average molecular weight is 380 g/mol. The molecule has 0 fully saturated rings. The molecule has 8 heteroatoms. The second kappa shape index (κ2) is 9.05. The minimum Gasteiger partial charge on any atom is -0.496 e. The number of hydrazone groups is 1. The number of benzene rings is 2. The van der Waals surface area contributed by atoms with Crippen LogP contribution in [0.3, 0.4) is 0 Å². The molecule has 2 N–H and O–H groups in total. The highest BCUT2D eigenvalue weighted by molar-refractivity contribution is 6.36. The fourth-order valence-electron chi connectivity index (χ4n) is 1.92. The Balaban J connectivity index is 1.86. The lowest BCUT2D eigenvalue weighted by Gasteiger charge is -2.06. The van der Waals surface area contributed by atoms with Crippen molar-refractivity contribution in [1.29, 1.82) is 0 Å². The van der Waals surface area contributed by atoms with Crippen LogP contribution in [-0.4, -0.2) is 31.7 Å². The van der Waals surface area contributed by atoms with E-state index >= 15 is 0 Å². The van der Waals surface area contributed by atoms with E-state index in [0.717, 1.165) is 0 Å². The van der Waals surface area contributed by atoms with Gasteiger partial charge in [-0.05, 0) is 30.3 Å². The lowest BCUT2D eigenvalue weighted by molar-refractivity contribution is -0.120. The first kappa shape index (κ1) is 18.8. The third-order valence-electron chi connectivity index (χ3n) is 3.12. The average Bonchev–Trinajstić information content (AvgIpc) is 2.60. The lowest BCUT2D eigenvalue weighted by atomic mass is 10.2. The van der Waals surface area contributed by atoms with Gasteiger partial charge in [0, 0.05) is 10.6 Å². The summed E-state index contributed by atoms with van der Waals surface area (Å²) in [5.41, 5.74) is 3.26. The summed E-state index contributed by atoms with van der Waals surface area (Å²) in [6.07, 6.45) is 1.45. The second-order valence-electron chi connectivity index (χ2n) is 4.84. The molecule has 0 aliphatic carbocycles. The van der Waals surface area contributed by atoms with E-state index in [-0.39, 0.29) is 17.1 Å². The van der Waals surface area contributed by atoms with Crippen LogP contribution >= 0.6 is 23.2 Å². The predicted octanol–water partition coefficient (Wildman–Crippen LogP) is 2.88. The van der Waals surface area contributed by atoms with E-state index in [9.17, 15) is 9.59 Å². The van der Waals surface area contributed by atoms with Crippen LogP contribution in [0.2, 0.25) is 10.0 Å². The first-order valence-corrected chi connectivity index (χ1v) is 7.95. The van der Waals surface area contributed by atoms with Gasteiger partial charge in [0.2, 0.25) is 0 Å². The van der Waals surface area contributed by atoms with Crippen molar-refractivity contribution in [2.24, 2.45) is 5.10 Å². The molecule has 6 nitrogen and oxygen atoms in total. The number of nitrogens with zero attached hydrogens (tertiary/aromatic N) is 1. The Morgan fingerprint density at radius 3 is 2.68 bits per heavy atom. The van der Waals surface area contributed by atoms with Gasteiger partial charge in [-0.2, -0.15) is 5.10 Å². The van der Waals surface area contributed by atoms with Gasteiger partial charge in [0.05, 0.1) is 30.5 Å². The smallest absolute Gasteiger partial charge is 0.259 e. The molecule has 2 aromatic rings. The zero-order valence-corrected chi connectivity index (χ0v) is 14.8. The van der Waals surface area contributed by atoms with Gasteiger partial charge in [-0.3, -0.25) is 9.59 Å². The molecule has 0 atom stereocenters. The van der Waals surface area contributed by atoms with Gasteiger partial charge in [0.1, 0.15) is 5.75 Å². The van der Waals surface area contributed by atoms with Crippen molar-refractivity contribution in [3.8, 4) is 5.75 Å². The molecule has 25 heavy (non-hydrogen) atoms. The zero-order valence-electron chi connectivity index (χ0n) is 13.3. The van der Waals surface area contributed by atoms with E-state index in [1.807, 2.05) is 12.1 Å². The summed E-state index contributed by atoms with van der Waals surface area (Å²) >= 11 is 11.7. The number of carbonyl (C=O) groups excluding carboxylic acids is 2. The first-order chi connectivity index (χ1) is 12.0. The summed E-state index contributed by atoms with van der Waals surface area (Å²) in [7, 11) is 1.54. The van der Waals surface area contributed by atoms with Crippen LogP contribution in [0.25, 0.3) is 0 Å².